The average Bonchev–Trinajstić information content (AvgIpc) is 2.67. The molecule has 0 aliphatic carbocycles. The van der Waals surface area contributed by atoms with Crippen molar-refractivity contribution < 1.29 is 0 Å². The molecule has 3 aliphatic heterocycles. The Bertz CT molecular complexity index is 337. The van der Waals surface area contributed by atoms with Gasteiger partial charge in [0, 0.05) is 19.0 Å². The first-order valence-corrected chi connectivity index (χ1v) is 11.6. The normalized spacial score (nSPS) is 33.9. The van der Waals surface area contributed by atoms with Crippen LogP contribution in [0.25, 0.3) is 0 Å². The number of hydrogen-bond acceptors (Lipinski definition) is 3. The Hall–Kier alpha value is 0.0748. The Balaban J connectivity index is 1.86. The van der Waals surface area contributed by atoms with Gasteiger partial charge in [-0.3, -0.25) is 15.5 Å². The summed E-state index contributed by atoms with van der Waals surface area (Å²) in [6.45, 7) is 4.77. The minimum absolute atomic E-state index is 0.0338. The van der Waals surface area contributed by atoms with E-state index in [9.17, 15) is 0 Å². The van der Waals surface area contributed by atoms with Crippen molar-refractivity contribution in [2.75, 3.05) is 26.2 Å². The molecule has 3 saturated heterocycles. The summed E-state index contributed by atoms with van der Waals surface area (Å²) >= 11 is 0. The highest BCUT2D eigenvalue weighted by atomic mass is 15.4. The fourth-order valence-corrected chi connectivity index (χ4v) is 5.21. The smallest absolute Gasteiger partial charge is 0.128 e. The summed E-state index contributed by atoms with van der Waals surface area (Å²) in [6, 6.07) is 0. The van der Waals surface area contributed by atoms with Gasteiger partial charge in [0.25, 0.3) is 0 Å². The van der Waals surface area contributed by atoms with E-state index in [0.717, 1.165) is 19.0 Å². The van der Waals surface area contributed by atoms with E-state index in [1.807, 2.05) is 0 Å². The molecular weight excluding hydrogens is 315 g/mol. The molecule has 3 nitrogen and oxygen atoms in total. The van der Waals surface area contributed by atoms with E-state index < -0.39 is 0 Å². The van der Waals surface area contributed by atoms with E-state index in [1.165, 1.54) is 102 Å². The maximum Gasteiger partial charge on any atom is 0.128 e. The lowest BCUT2D eigenvalue weighted by atomic mass is 9.65. The quantitative estimate of drug-likeness (QED) is 0.652. The SMILES string of the molecule is [B]1CCCNC23NCCC[B]CCCN2CCC[B]CCCC3CCC1. The molecule has 3 aliphatic rings. The molecular formula is C20H39B3N3. The number of rotatable bonds is 0. The minimum Gasteiger partial charge on any atom is -0.287 e. The Kier molecular flexibility index (Phi) is 9.45. The molecule has 0 aromatic rings. The van der Waals surface area contributed by atoms with Crippen LogP contribution in [0.4, 0.5) is 0 Å². The van der Waals surface area contributed by atoms with Crippen LogP contribution in [0.15, 0.2) is 0 Å². The van der Waals surface area contributed by atoms with Gasteiger partial charge in [-0.2, -0.15) is 0 Å². The fourth-order valence-electron chi connectivity index (χ4n) is 5.21. The molecule has 3 radical (unpaired) electrons. The van der Waals surface area contributed by atoms with Gasteiger partial charge in [0.1, 0.15) is 27.6 Å². The summed E-state index contributed by atoms with van der Waals surface area (Å²) in [5.41, 5.74) is 0. The second kappa shape index (κ2) is 11.8. The van der Waals surface area contributed by atoms with Crippen LogP contribution in [0.2, 0.25) is 37.9 Å². The summed E-state index contributed by atoms with van der Waals surface area (Å²) in [7, 11) is 7.60. The van der Waals surface area contributed by atoms with Crippen molar-refractivity contribution in [2.24, 2.45) is 5.92 Å². The number of hydrogen-bond donors (Lipinski definition) is 2. The first-order valence-electron chi connectivity index (χ1n) is 11.6. The van der Waals surface area contributed by atoms with Crippen molar-refractivity contribution in [1.82, 2.24) is 15.5 Å². The molecule has 0 aromatic heterocycles. The zero-order valence-electron chi connectivity index (χ0n) is 17.0. The van der Waals surface area contributed by atoms with Gasteiger partial charge in [-0.05, 0) is 51.6 Å². The highest BCUT2D eigenvalue weighted by Gasteiger charge is 2.42. The third kappa shape index (κ3) is 6.04. The predicted octanol–water partition coefficient (Wildman–Crippen LogP) is 3.52. The molecule has 143 valence electrons. The second-order valence-corrected chi connectivity index (χ2v) is 8.60. The molecule has 1 spiro atoms. The number of nitrogens with zero attached hydrogens (tertiary/aromatic N) is 1. The van der Waals surface area contributed by atoms with Crippen molar-refractivity contribution in [3.8, 4) is 0 Å². The van der Waals surface area contributed by atoms with Crippen LogP contribution in [0, 0.1) is 5.92 Å². The maximum atomic E-state index is 4.11. The van der Waals surface area contributed by atoms with Crippen molar-refractivity contribution in [2.45, 2.75) is 95.1 Å². The predicted molar refractivity (Wildman–Crippen MR) is 117 cm³/mol. The van der Waals surface area contributed by atoms with Crippen LogP contribution in [-0.2, 0) is 0 Å². The average molecular weight is 354 g/mol. The van der Waals surface area contributed by atoms with Crippen LogP contribution in [0.1, 0.15) is 51.4 Å². The summed E-state index contributed by atoms with van der Waals surface area (Å²) in [4.78, 5) is 2.83. The van der Waals surface area contributed by atoms with Gasteiger partial charge in [-0.1, -0.05) is 50.8 Å². The lowest BCUT2D eigenvalue weighted by Gasteiger charge is -2.51. The van der Waals surface area contributed by atoms with Crippen molar-refractivity contribution in [3.05, 3.63) is 0 Å². The maximum absolute atomic E-state index is 4.11. The van der Waals surface area contributed by atoms with Crippen LogP contribution >= 0.6 is 0 Å². The Morgan fingerprint density at radius 2 is 1.08 bits per heavy atom. The number of nitrogens with one attached hydrogen (secondary N) is 2. The van der Waals surface area contributed by atoms with Gasteiger partial charge in [0.2, 0.25) is 0 Å². The molecule has 6 heteroatoms. The topological polar surface area (TPSA) is 27.3 Å². The van der Waals surface area contributed by atoms with E-state index in [2.05, 4.69) is 37.4 Å². The molecule has 2 unspecified atom stereocenters. The van der Waals surface area contributed by atoms with Gasteiger partial charge in [0.15, 0.2) is 0 Å². The monoisotopic (exact) mass is 354 g/mol. The lowest BCUT2D eigenvalue weighted by Crippen LogP contribution is -2.72. The Morgan fingerprint density at radius 1 is 0.615 bits per heavy atom. The van der Waals surface area contributed by atoms with Crippen molar-refractivity contribution >= 4 is 21.8 Å². The fraction of sp³-hybridized carbons (Fsp3) is 1.00. The van der Waals surface area contributed by atoms with E-state index in [-0.39, 0.29) is 5.79 Å². The van der Waals surface area contributed by atoms with E-state index >= 15 is 0 Å². The van der Waals surface area contributed by atoms with Gasteiger partial charge in [-0.15, -0.1) is 0 Å². The molecule has 26 heavy (non-hydrogen) atoms. The van der Waals surface area contributed by atoms with Gasteiger partial charge in [0.05, 0.1) is 0 Å². The molecule has 3 heterocycles. The third-order valence-corrected chi connectivity index (χ3v) is 6.64. The van der Waals surface area contributed by atoms with Crippen LogP contribution in [-0.4, -0.2) is 58.7 Å². The van der Waals surface area contributed by atoms with Crippen LogP contribution in [0.3, 0.4) is 0 Å². The third-order valence-electron chi connectivity index (χ3n) is 6.64. The molecule has 0 saturated carbocycles. The highest BCUT2D eigenvalue weighted by Crippen LogP contribution is 2.32. The summed E-state index contributed by atoms with van der Waals surface area (Å²) in [5, 5.41) is 8.23. The second-order valence-electron chi connectivity index (χ2n) is 8.60. The molecule has 0 aromatic carbocycles. The molecule has 0 amide bonds. The largest absolute Gasteiger partial charge is 0.287 e. The van der Waals surface area contributed by atoms with Gasteiger partial charge < -0.3 is 0 Å². The van der Waals surface area contributed by atoms with Crippen molar-refractivity contribution in [3.63, 3.8) is 0 Å². The lowest BCUT2D eigenvalue weighted by molar-refractivity contribution is -0.0377. The van der Waals surface area contributed by atoms with Crippen LogP contribution < -0.4 is 10.6 Å². The van der Waals surface area contributed by atoms with Crippen LogP contribution in [0.5, 0.6) is 0 Å². The standard InChI is InChI=1S/C20H39B3N3/c1-7-19-8-2-10-22-13-5-17-26-18-6-14-23-12-4-16-25-20(19,26)24-15-3-11-21-9-1/h19,24-25H,1-18H2. The van der Waals surface area contributed by atoms with Gasteiger partial charge >= 0.3 is 0 Å². The summed E-state index contributed by atoms with van der Waals surface area (Å²) < 4.78 is 0. The molecule has 3 rings (SSSR count). The zero-order valence-corrected chi connectivity index (χ0v) is 17.0. The first-order chi connectivity index (χ1) is 12.9. The van der Waals surface area contributed by atoms with E-state index in [1.54, 1.807) is 0 Å². The van der Waals surface area contributed by atoms with E-state index in [0.29, 0.717) is 0 Å². The van der Waals surface area contributed by atoms with Gasteiger partial charge in [-0.25, -0.2) is 0 Å². The van der Waals surface area contributed by atoms with Crippen molar-refractivity contribution in [1.29, 1.82) is 0 Å². The Labute approximate surface area is 164 Å². The molecule has 2 N–H and O–H groups in total. The van der Waals surface area contributed by atoms with E-state index in [4.69, 9.17) is 0 Å². The first kappa shape index (κ1) is 20.8. The minimum atomic E-state index is 0.0338. The Morgan fingerprint density at radius 3 is 1.62 bits per heavy atom. The summed E-state index contributed by atoms with van der Waals surface area (Å²) in [6.07, 6.45) is 18.4. The highest BCUT2D eigenvalue weighted by molar-refractivity contribution is 6.35. The molecule has 0 bridgehead atoms. The summed E-state index contributed by atoms with van der Waals surface area (Å²) in [5.74, 6) is 0.760. The molecule has 3 fully saturated rings. The zero-order chi connectivity index (χ0) is 17.9. The molecule has 2 atom stereocenters.